The molecule has 2 N–H and O–H groups in total. The average molecular weight is 187 g/mol. The molecule has 0 spiro atoms. The molecule has 3 nitrogen and oxygen atoms in total. The SMILES string of the molecule is O=C(O)c1cccc(C23[B]C2C3)c1O. The van der Waals surface area contributed by atoms with E-state index >= 15 is 0 Å². The summed E-state index contributed by atoms with van der Waals surface area (Å²) in [5.41, 5.74) is 0.783. The van der Waals surface area contributed by atoms with Crippen molar-refractivity contribution in [2.24, 2.45) is 0 Å². The Bertz CT molecular complexity index is 435. The first kappa shape index (κ1) is 7.91. The lowest BCUT2D eigenvalue weighted by molar-refractivity contribution is 0.0693. The van der Waals surface area contributed by atoms with Crippen LogP contribution < -0.4 is 0 Å². The van der Waals surface area contributed by atoms with E-state index in [1.54, 1.807) is 6.07 Å². The summed E-state index contributed by atoms with van der Waals surface area (Å²) in [5, 5.41) is 18.6. The van der Waals surface area contributed by atoms with Crippen molar-refractivity contribution in [3.63, 3.8) is 0 Å². The topological polar surface area (TPSA) is 57.5 Å². The highest BCUT2D eigenvalue weighted by molar-refractivity contribution is 6.62. The summed E-state index contributed by atoms with van der Waals surface area (Å²) < 4.78 is 0. The molecule has 1 aromatic carbocycles. The Morgan fingerprint density at radius 3 is 2.71 bits per heavy atom. The van der Waals surface area contributed by atoms with E-state index in [4.69, 9.17) is 5.11 Å². The Hall–Kier alpha value is -1.45. The van der Waals surface area contributed by atoms with Gasteiger partial charge >= 0.3 is 5.97 Å². The molecular formula is C10H8BO3. The van der Waals surface area contributed by atoms with E-state index in [0.29, 0.717) is 5.82 Å². The molecule has 3 rings (SSSR count). The lowest BCUT2D eigenvalue weighted by Crippen LogP contribution is -2.04. The van der Waals surface area contributed by atoms with E-state index in [1.807, 2.05) is 6.07 Å². The molecule has 69 valence electrons. The molecule has 1 heterocycles. The van der Waals surface area contributed by atoms with Crippen LogP contribution in [-0.4, -0.2) is 23.5 Å². The van der Waals surface area contributed by atoms with Gasteiger partial charge in [-0.3, -0.25) is 0 Å². The number of carboxylic acid groups (broad SMARTS) is 1. The number of aromatic hydroxyl groups is 1. The molecule has 2 atom stereocenters. The zero-order valence-corrected chi connectivity index (χ0v) is 7.40. The van der Waals surface area contributed by atoms with Crippen molar-refractivity contribution in [3.8, 4) is 5.75 Å². The first-order chi connectivity index (χ1) is 6.65. The smallest absolute Gasteiger partial charge is 0.339 e. The van der Waals surface area contributed by atoms with Gasteiger partial charge in [-0.25, -0.2) is 4.79 Å². The first-order valence-corrected chi connectivity index (χ1v) is 4.57. The zero-order valence-electron chi connectivity index (χ0n) is 7.40. The average Bonchev–Trinajstić information content (AvgIpc) is 2.91. The molecule has 1 radical (unpaired) electrons. The first-order valence-electron chi connectivity index (χ1n) is 4.57. The molecule has 1 saturated heterocycles. The van der Waals surface area contributed by atoms with Crippen molar-refractivity contribution in [2.75, 3.05) is 0 Å². The molecular weight excluding hydrogens is 179 g/mol. The number of benzene rings is 1. The fraction of sp³-hybridized carbons (Fsp3) is 0.300. The van der Waals surface area contributed by atoms with E-state index < -0.39 is 5.97 Å². The van der Waals surface area contributed by atoms with Crippen LogP contribution in [0.1, 0.15) is 22.3 Å². The van der Waals surface area contributed by atoms with Gasteiger partial charge in [0.25, 0.3) is 0 Å². The summed E-state index contributed by atoms with van der Waals surface area (Å²) in [7, 11) is 2.15. The van der Waals surface area contributed by atoms with Crippen molar-refractivity contribution in [2.45, 2.75) is 17.6 Å². The summed E-state index contributed by atoms with van der Waals surface area (Å²) in [5.74, 6) is -0.549. The van der Waals surface area contributed by atoms with E-state index in [0.717, 1.165) is 12.0 Å². The quantitative estimate of drug-likeness (QED) is 0.683. The van der Waals surface area contributed by atoms with Gasteiger partial charge in [-0.2, -0.15) is 0 Å². The minimum absolute atomic E-state index is 0.00262. The Balaban J connectivity index is 2.12. The molecule has 0 amide bonds. The number of carboxylic acids is 1. The van der Waals surface area contributed by atoms with Crippen LogP contribution in [-0.2, 0) is 5.31 Å². The fourth-order valence-electron chi connectivity index (χ4n) is 2.07. The van der Waals surface area contributed by atoms with Gasteiger partial charge in [0, 0.05) is 0 Å². The second-order valence-corrected chi connectivity index (χ2v) is 4.02. The summed E-state index contributed by atoms with van der Waals surface area (Å²) >= 11 is 0. The Morgan fingerprint density at radius 2 is 2.21 bits per heavy atom. The molecule has 1 aliphatic carbocycles. The third-order valence-electron chi connectivity index (χ3n) is 3.22. The predicted octanol–water partition coefficient (Wildman–Crippen LogP) is 1.20. The molecule has 2 unspecified atom stereocenters. The molecule has 2 fully saturated rings. The highest BCUT2D eigenvalue weighted by atomic mass is 16.4. The van der Waals surface area contributed by atoms with Crippen LogP contribution in [0.3, 0.4) is 0 Å². The molecule has 1 saturated carbocycles. The largest absolute Gasteiger partial charge is 0.507 e. The summed E-state index contributed by atoms with van der Waals surface area (Å²) in [6.45, 7) is 0. The monoisotopic (exact) mass is 187 g/mol. The van der Waals surface area contributed by atoms with Crippen molar-refractivity contribution < 1.29 is 15.0 Å². The third-order valence-corrected chi connectivity index (χ3v) is 3.22. The molecule has 14 heavy (non-hydrogen) atoms. The second kappa shape index (κ2) is 2.14. The number of hydrogen-bond acceptors (Lipinski definition) is 2. The second-order valence-electron chi connectivity index (χ2n) is 4.02. The zero-order chi connectivity index (χ0) is 9.92. The normalized spacial score (nSPS) is 31.6. The van der Waals surface area contributed by atoms with Crippen LogP contribution in [0.2, 0.25) is 5.82 Å². The van der Waals surface area contributed by atoms with Crippen molar-refractivity contribution >= 4 is 13.2 Å². The fourth-order valence-corrected chi connectivity index (χ4v) is 2.07. The van der Waals surface area contributed by atoms with Crippen LogP contribution in [0.4, 0.5) is 0 Å². The number of para-hydroxylation sites is 1. The van der Waals surface area contributed by atoms with E-state index in [-0.39, 0.29) is 16.6 Å². The van der Waals surface area contributed by atoms with Gasteiger partial charge in [0.2, 0.25) is 0 Å². The van der Waals surface area contributed by atoms with Crippen molar-refractivity contribution in [1.82, 2.24) is 0 Å². The highest BCUT2D eigenvalue weighted by Gasteiger charge is 2.71. The van der Waals surface area contributed by atoms with Crippen LogP contribution >= 0.6 is 0 Å². The van der Waals surface area contributed by atoms with Crippen LogP contribution in [0.25, 0.3) is 0 Å². The Morgan fingerprint density at radius 1 is 1.57 bits per heavy atom. The lowest BCUT2D eigenvalue weighted by Gasteiger charge is -2.09. The Labute approximate surface area is 81.6 Å². The molecule has 0 bridgehead atoms. The molecule has 0 aromatic heterocycles. The standard InChI is InChI=1S/C10H8BO3/c12-8-5(9(13)14)2-1-3-6(8)10-4-7(10)11-10/h1-3,7,12H,4H2,(H,13,14). The minimum atomic E-state index is -1.07. The van der Waals surface area contributed by atoms with E-state index in [2.05, 4.69) is 7.28 Å². The van der Waals surface area contributed by atoms with Crippen molar-refractivity contribution in [3.05, 3.63) is 29.3 Å². The van der Waals surface area contributed by atoms with Crippen LogP contribution in [0, 0.1) is 0 Å². The Kier molecular flexibility index (Phi) is 1.21. The van der Waals surface area contributed by atoms with Crippen LogP contribution in [0.15, 0.2) is 18.2 Å². The van der Waals surface area contributed by atoms with E-state index in [1.165, 1.54) is 6.07 Å². The van der Waals surface area contributed by atoms with Gasteiger partial charge in [-0.05, 0) is 16.9 Å². The summed E-state index contributed by atoms with van der Waals surface area (Å²) in [4.78, 5) is 10.8. The maximum absolute atomic E-state index is 10.8. The van der Waals surface area contributed by atoms with Gasteiger partial charge in [0.1, 0.15) is 18.6 Å². The number of aromatic carboxylic acids is 1. The van der Waals surface area contributed by atoms with Gasteiger partial charge in [-0.1, -0.05) is 24.4 Å². The number of phenols is 1. The van der Waals surface area contributed by atoms with E-state index in [9.17, 15) is 9.90 Å². The maximum atomic E-state index is 10.8. The third kappa shape index (κ3) is 0.807. The highest BCUT2D eigenvalue weighted by Crippen LogP contribution is 2.75. The molecule has 2 aliphatic rings. The molecule has 4 heteroatoms. The summed E-state index contributed by atoms with van der Waals surface area (Å²) in [6.07, 6.45) is 1.06. The van der Waals surface area contributed by atoms with Gasteiger partial charge < -0.3 is 10.2 Å². The number of fused-ring (bicyclic) bond motifs is 1. The molecule has 1 aliphatic heterocycles. The maximum Gasteiger partial charge on any atom is 0.339 e. The van der Waals surface area contributed by atoms with Crippen LogP contribution in [0.5, 0.6) is 5.75 Å². The van der Waals surface area contributed by atoms with Gasteiger partial charge in [0.05, 0.1) is 0 Å². The van der Waals surface area contributed by atoms with Crippen molar-refractivity contribution in [1.29, 1.82) is 0 Å². The minimum Gasteiger partial charge on any atom is -0.507 e. The molecule has 1 aromatic rings. The number of carbonyl (C=O) groups is 1. The summed E-state index contributed by atoms with van der Waals surface area (Å²) in [6, 6.07) is 4.93. The van der Waals surface area contributed by atoms with Gasteiger partial charge in [0.15, 0.2) is 0 Å². The lowest BCUT2D eigenvalue weighted by atomic mass is 9.76. The van der Waals surface area contributed by atoms with Gasteiger partial charge in [-0.15, -0.1) is 0 Å². The number of hydrogen-bond donors (Lipinski definition) is 2. The predicted molar refractivity (Wildman–Crippen MR) is 50.9 cm³/mol. The number of rotatable bonds is 2.